The number of nitrogens with zero attached hydrogens (tertiary/aromatic N) is 1. The maximum atomic E-state index is 10.5. The second-order valence-corrected chi connectivity index (χ2v) is 3.63. The van der Waals surface area contributed by atoms with Gasteiger partial charge in [0, 0.05) is 6.04 Å². The van der Waals surface area contributed by atoms with Crippen molar-refractivity contribution in [3.05, 3.63) is 0 Å². The van der Waals surface area contributed by atoms with Crippen molar-refractivity contribution in [1.82, 2.24) is 4.90 Å². The number of carboxylic acid groups (broad SMARTS) is 1. The molecule has 0 spiro atoms. The maximum Gasteiger partial charge on any atom is 0.307 e. The van der Waals surface area contributed by atoms with Gasteiger partial charge in [-0.2, -0.15) is 8.42 Å². The van der Waals surface area contributed by atoms with Gasteiger partial charge in [0.1, 0.15) is 5.49 Å². The lowest BCUT2D eigenvalue weighted by Gasteiger charge is -2.22. The summed E-state index contributed by atoms with van der Waals surface area (Å²) < 4.78 is 20.5. The number of hydrogen-bond donors (Lipinski definition) is 1. The zero-order chi connectivity index (χ0) is 10.6. The van der Waals surface area contributed by atoms with Gasteiger partial charge in [0.2, 0.25) is 10.3 Å². The second kappa shape index (κ2) is 4.98. The van der Waals surface area contributed by atoms with Crippen LogP contribution >= 0.6 is 0 Å². The number of carbonyl (C=O) groups is 1. The Balaban J connectivity index is 4.51. The molecule has 0 aliphatic carbocycles. The van der Waals surface area contributed by atoms with Gasteiger partial charge in [-0.05, 0) is 14.0 Å². The standard InChI is InChI=1S/C7H13NO4S/c1-5(7(9)10)6(2)8(3)4-13(11)12/h4-6H,1-3H3,(H,9,10). The second-order valence-electron chi connectivity index (χ2n) is 2.90. The maximum absolute atomic E-state index is 10.5. The van der Waals surface area contributed by atoms with Gasteiger partial charge in [0.25, 0.3) is 0 Å². The molecule has 0 fully saturated rings. The summed E-state index contributed by atoms with van der Waals surface area (Å²) >= 11 is 0. The molecule has 13 heavy (non-hydrogen) atoms. The topological polar surface area (TPSA) is 74.7 Å². The fourth-order valence-corrected chi connectivity index (χ4v) is 1.25. The Labute approximate surface area is 78.5 Å². The van der Waals surface area contributed by atoms with E-state index >= 15 is 0 Å². The summed E-state index contributed by atoms with van der Waals surface area (Å²) in [6, 6.07) is -0.351. The largest absolute Gasteiger partial charge is 0.481 e. The van der Waals surface area contributed by atoms with E-state index in [4.69, 9.17) is 5.11 Å². The minimum absolute atomic E-state index is 0.351. The van der Waals surface area contributed by atoms with Crippen LogP contribution in [-0.2, 0) is 15.1 Å². The van der Waals surface area contributed by atoms with Crippen LogP contribution in [0.3, 0.4) is 0 Å². The molecule has 5 nitrogen and oxygen atoms in total. The van der Waals surface area contributed by atoms with E-state index in [-0.39, 0.29) is 6.04 Å². The average molecular weight is 207 g/mol. The summed E-state index contributed by atoms with van der Waals surface area (Å²) in [7, 11) is -0.760. The smallest absolute Gasteiger partial charge is 0.307 e. The number of hydrogen-bond acceptors (Lipinski definition) is 3. The Morgan fingerprint density at radius 2 is 1.92 bits per heavy atom. The molecule has 0 amide bonds. The Morgan fingerprint density at radius 3 is 2.23 bits per heavy atom. The van der Waals surface area contributed by atoms with E-state index in [9.17, 15) is 13.2 Å². The third-order valence-electron chi connectivity index (χ3n) is 2.01. The molecular formula is C7H13NO4S. The SMILES string of the molecule is CC(C(=O)O)C(C)N(C)C=S(=O)=O. The first-order chi connectivity index (χ1) is 5.86. The van der Waals surface area contributed by atoms with Crippen LogP contribution in [0.1, 0.15) is 13.8 Å². The Morgan fingerprint density at radius 1 is 1.46 bits per heavy atom. The van der Waals surface area contributed by atoms with Gasteiger partial charge in [0.05, 0.1) is 5.92 Å². The van der Waals surface area contributed by atoms with Gasteiger partial charge in [-0.3, -0.25) is 9.69 Å². The van der Waals surface area contributed by atoms with E-state index in [2.05, 4.69) is 0 Å². The predicted octanol–water partition coefficient (Wildman–Crippen LogP) is -0.334. The fraction of sp³-hybridized carbons (Fsp3) is 0.714. The molecule has 1 N–H and O–H groups in total. The van der Waals surface area contributed by atoms with Crippen molar-refractivity contribution in [3.63, 3.8) is 0 Å². The third-order valence-corrected chi connectivity index (χ3v) is 2.51. The van der Waals surface area contributed by atoms with Crippen LogP contribution in [0.25, 0.3) is 0 Å². The van der Waals surface area contributed by atoms with Gasteiger partial charge in [-0.15, -0.1) is 0 Å². The molecule has 0 saturated carbocycles. The summed E-state index contributed by atoms with van der Waals surface area (Å²) in [6.07, 6.45) is 0. The molecule has 0 saturated heterocycles. The zero-order valence-electron chi connectivity index (χ0n) is 7.76. The van der Waals surface area contributed by atoms with E-state index in [0.717, 1.165) is 5.49 Å². The molecule has 0 heterocycles. The molecule has 2 atom stereocenters. The normalized spacial score (nSPS) is 15.1. The molecule has 0 aromatic carbocycles. The molecule has 2 unspecified atom stereocenters. The number of rotatable bonds is 4. The fourth-order valence-electron chi connectivity index (χ4n) is 0.791. The number of carboxylic acids is 1. The van der Waals surface area contributed by atoms with Crippen LogP contribution in [0, 0.1) is 5.92 Å². The van der Waals surface area contributed by atoms with E-state index < -0.39 is 22.2 Å². The van der Waals surface area contributed by atoms with Crippen molar-refractivity contribution >= 4 is 21.8 Å². The summed E-state index contributed by atoms with van der Waals surface area (Å²) in [4.78, 5) is 11.9. The monoisotopic (exact) mass is 207 g/mol. The molecule has 0 aliphatic rings. The Bertz CT molecular complexity index is 300. The molecular weight excluding hydrogens is 194 g/mol. The van der Waals surface area contributed by atoms with Crippen molar-refractivity contribution in [2.24, 2.45) is 5.92 Å². The van der Waals surface area contributed by atoms with Gasteiger partial charge in [0.15, 0.2) is 0 Å². The highest BCUT2D eigenvalue weighted by molar-refractivity contribution is 7.71. The summed E-state index contributed by atoms with van der Waals surface area (Å²) in [6.45, 7) is 3.19. The summed E-state index contributed by atoms with van der Waals surface area (Å²) in [5.41, 5.74) is 0.962. The lowest BCUT2D eigenvalue weighted by atomic mass is 10.0. The minimum atomic E-state index is -2.29. The molecule has 0 bridgehead atoms. The van der Waals surface area contributed by atoms with Crippen LogP contribution in [0.15, 0.2) is 0 Å². The Kier molecular flexibility index (Phi) is 4.64. The first-order valence-electron chi connectivity index (χ1n) is 3.74. The van der Waals surface area contributed by atoms with Crippen molar-refractivity contribution in [3.8, 4) is 0 Å². The quantitative estimate of drug-likeness (QED) is 0.639. The van der Waals surface area contributed by atoms with Crippen molar-refractivity contribution in [2.45, 2.75) is 19.9 Å². The van der Waals surface area contributed by atoms with Crippen LogP contribution in [0.2, 0.25) is 0 Å². The molecule has 76 valence electrons. The van der Waals surface area contributed by atoms with Gasteiger partial charge in [-0.25, -0.2) is 0 Å². The lowest BCUT2D eigenvalue weighted by molar-refractivity contribution is -0.142. The van der Waals surface area contributed by atoms with Gasteiger partial charge in [-0.1, -0.05) is 6.92 Å². The summed E-state index contributed by atoms with van der Waals surface area (Å²) in [5.74, 6) is -1.55. The highest BCUT2D eigenvalue weighted by atomic mass is 32.2. The van der Waals surface area contributed by atoms with Crippen LogP contribution in [0.5, 0.6) is 0 Å². The van der Waals surface area contributed by atoms with Crippen molar-refractivity contribution in [1.29, 1.82) is 0 Å². The Hall–Kier alpha value is -0.880. The van der Waals surface area contributed by atoms with Gasteiger partial charge < -0.3 is 5.11 Å². The van der Waals surface area contributed by atoms with Gasteiger partial charge >= 0.3 is 5.97 Å². The molecule has 0 radical (unpaired) electrons. The van der Waals surface area contributed by atoms with Crippen molar-refractivity contribution in [2.75, 3.05) is 7.05 Å². The van der Waals surface area contributed by atoms with Crippen LogP contribution in [-0.4, -0.2) is 43.0 Å². The van der Waals surface area contributed by atoms with E-state index in [1.807, 2.05) is 0 Å². The van der Waals surface area contributed by atoms with E-state index in [1.54, 1.807) is 6.92 Å². The predicted molar refractivity (Wildman–Crippen MR) is 49.0 cm³/mol. The van der Waals surface area contributed by atoms with Crippen LogP contribution < -0.4 is 0 Å². The lowest BCUT2D eigenvalue weighted by Crippen LogP contribution is -2.37. The minimum Gasteiger partial charge on any atom is -0.481 e. The van der Waals surface area contributed by atoms with Crippen molar-refractivity contribution < 1.29 is 18.3 Å². The molecule has 0 aromatic heterocycles. The highest BCUT2D eigenvalue weighted by Crippen LogP contribution is 2.07. The van der Waals surface area contributed by atoms with Crippen LogP contribution in [0.4, 0.5) is 0 Å². The first-order valence-corrected chi connectivity index (χ1v) is 4.88. The summed E-state index contributed by atoms with van der Waals surface area (Å²) in [5, 5.41) is 8.64. The molecule has 6 heteroatoms. The van der Waals surface area contributed by atoms with E-state index in [1.165, 1.54) is 18.9 Å². The molecule has 0 rings (SSSR count). The molecule has 0 aliphatic heterocycles. The third kappa shape index (κ3) is 4.05. The average Bonchev–Trinajstić information content (AvgIpc) is 2.00. The zero-order valence-corrected chi connectivity index (χ0v) is 8.58. The number of aliphatic carboxylic acids is 1. The first kappa shape index (κ1) is 12.1. The van der Waals surface area contributed by atoms with E-state index in [0.29, 0.717) is 0 Å². The molecule has 0 aromatic rings. The highest BCUT2D eigenvalue weighted by Gasteiger charge is 2.21.